The van der Waals surface area contributed by atoms with Crippen molar-refractivity contribution < 1.29 is 8.42 Å². The Kier molecular flexibility index (Phi) is 3.56. The number of pyridine rings is 1. The van der Waals surface area contributed by atoms with Crippen molar-refractivity contribution in [3.8, 4) is 0 Å². The molecule has 0 spiro atoms. The van der Waals surface area contributed by atoms with Gasteiger partial charge in [0.15, 0.2) is 9.84 Å². The van der Waals surface area contributed by atoms with Gasteiger partial charge in [0.2, 0.25) is 0 Å². The largest absolute Gasteiger partial charge is 0.315 e. The number of rotatable bonds is 3. The number of hydrogen-bond acceptors (Lipinski definition) is 4. The van der Waals surface area contributed by atoms with Crippen molar-refractivity contribution in [3.05, 3.63) is 30.1 Å². The molecule has 0 aromatic carbocycles. The van der Waals surface area contributed by atoms with Crippen LogP contribution in [0.5, 0.6) is 0 Å². The molecule has 0 amide bonds. The number of aromatic nitrogens is 1. The minimum atomic E-state index is -3.03. The Balaban J connectivity index is 2.08. The molecule has 1 N–H and O–H groups in total. The summed E-state index contributed by atoms with van der Waals surface area (Å²) in [5.41, 5.74) is 0.820. The molecule has 16 heavy (non-hydrogen) atoms. The van der Waals surface area contributed by atoms with E-state index < -0.39 is 9.84 Å². The molecule has 2 heterocycles. The normalized spacial score (nSPS) is 21.9. The maximum atomic E-state index is 12.1. The maximum Gasteiger partial charge on any atom is 0.158 e. The molecule has 88 valence electrons. The van der Waals surface area contributed by atoms with Crippen LogP contribution in [0.4, 0.5) is 0 Å². The summed E-state index contributed by atoms with van der Waals surface area (Å²) in [4.78, 5) is 3.88. The highest BCUT2D eigenvalue weighted by Crippen LogP contribution is 2.16. The number of piperidine rings is 1. The molecule has 1 fully saturated rings. The molecule has 1 aliphatic rings. The van der Waals surface area contributed by atoms with Gasteiger partial charge in [-0.3, -0.25) is 4.98 Å². The molecule has 1 saturated heterocycles. The van der Waals surface area contributed by atoms with Crippen molar-refractivity contribution in [2.75, 3.05) is 13.1 Å². The summed E-state index contributed by atoms with van der Waals surface area (Å²) in [5, 5.41) is 2.91. The van der Waals surface area contributed by atoms with Gasteiger partial charge in [-0.15, -0.1) is 0 Å². The lowest BCUT2D eigenvalue weighted by molar-refractivity contribution is 0.496. The van der Waals surface area contributed by atoms with Gasteiger partial charge in [0, 0.05) is 18.9 Å². The van der Waals surface area contributed by atoms with Crippen molar-refractivity contribution in [1.29, 1.82) is 0 Å². The van der Waals surface area contributed by atoms with Crippen molar-refractivity contribution >= 4 is 9.84 Å². The van der Waals surface area contributed by atoms with Gasteiger partial charge in [0.25, 0.3) is 0 Å². The lowest BCUT2D eigenvalue weighted by atomic mass is 10.2. The fourth-order valence-electron chi connectivity index (χ4n) is 1.96. The van der Waals surface area contributed by atoms with Gasteiger partial charge >= 0.3 is 0 Å². The predicted octanol–water partition coefficient (Wildman–Crippen LogP) is 0.748. The molecule has 1 aromatic heterocycles. The van der Waals surface area contributed by atoms with Gasteiger partial charge < -0.3 is 5.32 Å². The Morgan fingerprint density at radius 3 is 2.75 bits per heavy atom. The Bertz CT molecular complexity index is 425. The van der Waals surface area contributed by atoms with E-state index in [-0.39, 0.29) is 11.0 Å². The van der Waals surface area contributed by atoms with Gasteiger partial charge in [0.05, 0.1) is 11.0 Å². The van der Waals surface area contributed by atoms with E-state index in [1.165, 1.54) is 0 Å². The minimum absolute atomic E-state index is 0.127. The van der Waals surface area contributed by atoms with Gasteiger partial charge in [-0.05, 0) is 37.1 Å². The van der Waals surface area contributed by atoms with Crippen LogP contribution in [0.2, 0.25) is 0 Å². The average Bonchev–Trinajstić information content (AvgIpc) is 2.31. The van der Waals surface area contributed by atoms with E-state index >= 15 is 0 Å². The van der Waals surface area contributed by atoms with E-state index in [1.54, 1.807) is 24.5 Å². The van der Waals surface area contributed by atoms with Crippen LogP contribution in [-0.4, -0.2) is 31.7 Å². The van der Waals surface area contributed by atoms with Gasteiger partial charge in [-0.25, -0.2) is 8.42 Å². The second kappa shape index (κ2) is 4.93. The molecule has 1 atom stereocenters. The van der Waals surface area contributed by atoms with Crippen LogP contribution in [0.25, 0.3) is 0 Å². The lowest BCUT2D eigenvalue weighted by Crippen LogP contribution is -2.39. The first-order valence-corrected chi connectivity index (χ1v) is 7.21. The van der Waals surface area contributed by atoms with Crippen molar-refractivity contribution in [3.63, 3.8) is 0 Å². The summed E-state index contributed by atoms with van der Waals surface area (Å²) in [7, 11) is -3.03. The second-order valence-electron chi connectivity index (χ2n) is 4.13. The zero-order valence-electron chi connectivity index (χ0n) is 9.09. The first kappa shape index (κ1) is 11.5. The smallest absolute Gasteiger partial charge is 0.158 e. The third-order valence-electron chi connectivity index (χ3n) is 2.88. The summed E-state index contributed by atoms with van der Waals surface area (Å²) >= 11 is 0. The van der Waals surface area contributed by atoms with E-state index in [4.69, 9.17) is 0 Å². The highest BCUT2D eigenvalue weighted by Gasteiger charge is 2.27. The van der Waals surface area contributed by atoms with Crippen LogP contribution >= 0.6 is 0 Å². The summed E-state index contributed by atoms with van der Waals surface area (Å²) < 4.78 is 24.2. The third kappa shape index (κ3) is 2.80. The SMILES string of the molecule is O=S(=O)(Cc1ccncc1)[C@H]1CCCNC1. The maximum absolute atomic E-state index is 12.1. The summed E-state index contributed by atoms with van der Waals surface area (Å²) in [5.74, 6) is 0.127. The zero-order valence-corrected chi connectivity index (χ0v) is 9.91. The Morgan fingerprint density at radius 2 is 2.12 bits per heavy atom. The van der Waals surface area contributed by atoms with Crippen LogP contribution < -0.4 is 5.32 Å². The quantitative estimate of drug-likeness (QED) is 0.847. The van der Waals surface area contributed by atoms with Crippen LogP contribution in [0.15, 0.2) is 24.5 Å². The molecule has 4 nitrogen and oxygen atoms in total. The standard InChI is InChI=1S/C11H16N2O2S/c14-16(15,11-2-1-5-13-8-11)9-10-3-6-12-7-4-10/h3-4,6-7,11,13H,1-2,5,8-9H2/t11-/m0/s1. The number of nitrogens with zero attached hydrogens (tertiary/aromatic N) is 1. The van der Waals surface area contributed by atoms with E-state index in [0.29, 0.717) is 6.54 Å². The summed E-state index contributed by atoms with van der Waals surface area (Å²) in [6.45, 7) is 1.52. The van der Waals surface area contributed by atoms with E-state index in [9.17, 15) is 8.42 Å². The Hall–Kier alpha value is -0.940. The van der Waals surface area contributed by atoms with E-state index in [0.717, 1.165) is 24.9 Å². The monoisotopic (exact) mass is 240 g/mol. The summed E-state index contributed by atoms with van der Waals surface area (Å²) in [6.07, 6.45) is 4.98. The lowest BCUT2D eigenvalue weighted by Gasteiger charge is -2.22. The highest BCUT2D eigenvalue weighted by molar-refractivity contribution is 7.91. The molecule has 0 bridgehead atoms. The molecule has 0 saturated carbocycles. The highest BCUT2D eigenvalue weighted by atomic mass is 32.2. The molecule has 0 radical (unpaired) electrons. The molecule has 0 unspecified atom stereocenters. The minimum Gasteiger partial charge on any atom is -0.315 e. The molecular weight excluding hydrogens is 224 g/mol. The molecular formula is C11H16N2O2S. The predicted molar refractivity (Wildman–Crippen MR) is 62.8 cm³/mol. The van der Waals surface area contributed by atoms with E-state index in [1.807, 2.05) is 0 Å². The number of hydrogen-bond donors (Lipinski definition) is 1. The van der Waals surface area contributed by atoms with Crippen molar-refractivity contribution in [2.45, 2.75) is 23.8 Å². The molecule has 1 aromatic rings. The summed E-state index contributed by atoms with van der Waals surface area (Å²) in [6, 6.07) is 3.52. The van der Waals surface area contributed by atoms with Gasteiger partial charge in [-0.1, -0.05) is 0 Å². The molecule has 0 aliphatic carbocycles. The zero-order chi connectivity index (χ0) is 11.4. The fourth-order valence-corrected chi connectivity index (χ4v) is 3.75. The van der Waals surface area contributed by atoms with Gasteiger partial charge in [-0.2, -0.15) is 0 Å². The van der Waals surface area contributed by atoms with Crippen LogP contribution in [0.1, 0.15) is 18.4 Å². The molecule has 2 rings (SSSR count). The molecule has 1 aliphatic heterocycles. The first-order chi connectivity index (χ1) is 7.68. The number of nitrogens with one attached hydrogen (secondary N) is 1. The topological polar surface area (TPSA) is 59.1 Å². The van der Waals surface area contributed by atoms with Crippen molar-refractivity contribution in [2.24, 2.45) is 0 Å². The van der Waals surface area contributed by atoms with Crippen LogP contribution in [0, 0.1) is 0 Å². The Morgan fingerprint density at radius 1 is 1.38 bits per heavy atom. The van der Waals surface area contributed by atoms with Crippen LogP contribution in [-0.2, 0) is 15.6 Å². The molecule has 5 heteroatoms. The second-order valence-corrected chi connectivity index (χ2v) is 6.41. The van der Waals surface area contributed by atoms with E-state index in [2.05, 4.69) is 10.3 Å². The Labute approximate surface area is 96.0 Å². The fraction of sp³-hybridized carbons (Fsp3) is 0.545. The van der Waals surface area contributed by atoms with Crippen LogP contribution in [0.3, 0.4) is 0 Å². The third-order valence-corrected chi connectivity index (χ3v) is 5.03. The number of sulfone groups is 1. The van der Waals surface area contributed by atoms with Crippen molar-refractivity contribution in [1.82, 2.24) is 10.3 Å². The van der Waals surface area contributed by atoms with Gasteiger partial charge in [0.1, 0.15) is 0 Å². The first-order valence-electron chi connectivity index (χ1n) is 5.50. The average molecular weight is 240 g/mol.